The fourth-order valence-electron chi connectivity index (χ4n) is 7.29. The zero-order valence-corrected chi connectivity index (χ0v) is 23.1. The quantitative estimate of drug-likeness (QED) is 0.450. The zero-order chi connectivity index (χ0) is 28.0. The Morgan fingerprint density at radius 2 is 1.88 bits per heavy atom. The number of rotatable bonds is 5. The Kier molecular flexibility index (Phi) is 6.78. The lowest BCUT2D eigenvalue weighted by atomic mass is 9.52. The fraction of sp³-hybridized carbons (Fsp3) is 0.394. The van der Waals surface area contributed by atoms with Gasteiger partial charge in [0.05, 0.1) is 13.0 Å². The first-order chi connectivity index (χ1) is 19.3. The summed E-state index contributed by atoms with van der Waals surface area (Å²) in [6, 6.07) is 21.3. The van der Waals surface area contributed by atoms with E-state index in [1.807, 2.05) is 42.5 Å². The first-order valence-corrected chi connectivity index (χ1v) is 14.0. The number of carboxylic acids is 1. The number of carbonyl (C=O) groups excluding carboxylic acids is 1. The number of aliphatic carboxylic acids is 1. The van der Waals surface area contributed by atoms with Crippen molar-refractivity contribution in [3.05, 3.63) is 83.4 Å². The molecule has 7 nitrogen and oxygen atoms in total. The van der Waals surface area contributed by atoms with Crippen LogP contribution >= 0.6 is 0 Å². The van der Waals surface area contributed by atoms with Gasteiger partial charge in [0.1, 0.15) is 11.5 Å². The summed E-state index contributed by atoms with van der Waals surface area (Å²) >= 11 is 0. The molecule has 1 unspecified atom stereocenters. The number of ketones is 1. The van der Waals surface area contributed by atoms with Crippen molar-refractivity contribution in [2.24, 2.45) is 5.92 Å². The van der Waals surface area contributed by atoms with Crippen LogP contribution in [0.4, 0.5) is 0 Å². The molecule has 2 heterocycles. The lowest BCUT2D eigenvalue weighted by Gasteiger charge is -2.57. The number of carbonyl (C=O) groups is 2. The predicted molar refractivity (Wildman–Crippen MR) is 151 cm³/mol. The van der Waals surface area contributed by atoms with Gasteiger partial charge >= 0.3 is 5.97 Å². The van der Waals surface area contributed by atoms with Crippen LogP contribution in [0.2, 0.25) is 0 Å². The van der Waals surface area contributed by atoms with E-state index in [-0.39, 0.29) is 17.3 Å². The van der Waals surface area contributed by atoms with E-state index in [9.17, 15) is 9.59 Å². The van der Waals surface area contributed by atoms with Gasteiger partial charge in [-0.3, -0.25) is 9.59 Å². The molecule has 1 spiro atoms. The molecule has 7 heteroatoms. The molecule has 2 bridgehead atoms. The topological polar surface area (TPSA) is 85.3 Å². The van der Waals surface area contributed by atoms with Crippen LogP contribution in [0.15, 0.2) is 66.7 Å². The minimum absolute atomic E-state index is 0.0933. The Morgan fingerprint density at radius 3 is 2.62 bits per heavy atom. The van der Waals surface area contributed by atoms with Crippen molar-refractivity contribution in [2.45, 2.75) is 56.1 Å². The average molecular weight is 542 g/mol. The number of piperidine rings is 1. The number of carboxylic acid groups (broad SMARTS) is 1. The summed E-state index contributed by atoms with van der Waals surface area (Å²) in [4.78, 5) is 26.0. The normalized spacial score (nSPS) is 26.5. The summed E-state index contributed by atoms with van der Waals surface area (Å²) in [7, 11) is 3.91. The van der Waals surface area contributed by atoms with Crippen molar-refractivity contribution in [1.29, 1.82) is 0 Å². The SMILES string of the molecule is CC(C(=O)O)c1cccc(Oc2ccccc2)c1.COc1ccc2c3c1O[C@H]1C(=O)CC[C@H]4[C@@H](C2)N(C)CC[C@]314. The summed E-state index contributed by atoms with van der Waals surface area (Å²) < 4.78 is 17.4. The Labute approximate surface area is 234 Å². The second-order valence-electron chi connectivity index (χ2n) is 11.3. The molecular weight excluding hydrogens is 506 g/mol. The minimum Gasteiger partial charge on any atom is -0.493 e. The number of para-hydroxylation sites is 1. The van der Waals surface area contributed by atoms with Crippen molar-refractivity contribution >= 4 is 11.8 Å². The molecule has 4 aliphatic rings. The Balaban J connectivity index is 0.000000148. The van der Waals surface area contributed by atoms with Crippen LogP contribution in [0, 0.1) is 5.92 Å². The largest absolute Gasteiger partial charge is 0.493 e. The van der Waals surface area contributed by atoms with Crippen LogP contribution < -0.4 is 14.2 Å². The van der Waals surface area contributed by atoms with Crippen LogP contribution in [0.1, 0.15) is 48.8 Å². The second-order valence-corrected chi connectivity index (χ2v) is 11.3. The average Bonchev–Trinajstić information content (AvgIpc) is 3.32. The van der Waals surface area contributed by atoms with Gasteiger partial charge in [0.25, 0.3) is 0 Å². The molecule has 1 saturated carbocycles. The zero-order valence-electron chi connectivity index (χ0n) is 23.1. The molecular formula is C33H35NO6. The third-order valence-electron chi connectivity index (χ3n) is 9.30. The standard InChI is InChI=1S/C18H21NO3.C15H14O3/c1-19-8-7-18-11-4-5-13(20)17(18)22-16-14(21-2)6-3-10(15(16)18)9-12(11)19;1-11(15(16)17)12-6-5-9-14(10-12)18-13-7-3-2-4-8-13/h3,6,11-12,17H,4-5,7-9H2,1-2H3;2-11H,1H3,(H,16,17)/t11-,12+,17-,18-;/m0./s1. The van der Waals surface area contributed by atoms with Crippen molar-refractivity contribution in [1.82, 2.24) is 4.90 Å². The van der Waals surface area contributed by atoms with Crippen molar-refractivity contribution in [3.8, 4) is 23.0 Å². The van der Waals surface area contributed by atoms with E-state index < -0.39 is 11.9 Å². The number of Topliss-reactive ketones (excluding diaryl/α,β-unsaturated/α-hetero) is 1. The third kappa shape index (κ3) is 4.24. The maximum absolute atomic E-state index is 12.6. The molecule has 2 aliphatic carbocycles. The number of likely N-dealkylation sites (N-methyl/N-ethyl adjacent to an activating group) is 1. The highest BCUT2D eigenvalue weighted by Crippen LogP contribution is 2.63. The number of hydrogen-bond acceptors (Lipinski definition) is 6. The Morgan fingerprint density at radius 1 is 1.10 bits per heavy atom. The van der Waals surface area contributed by atoms with E-state index >= 15 is 0 Å². The highest BCUT2D eigenvalue weighted by Gasteiger charge is 2.65. The van der Waals surface area contributed by atoms with E-state index in [2.05, 4.69) is 18.0 Å². The van der Waals surface area contributed by atoms with Crippen molar-refractivity contribution in [2.75, 3.05) is 20.7 Å². The Hall–Kier alpha value is -3.84. The maximum Gasteiger partial charge on any atom is 0.310 e. The van der Waals surface area contributed by atoms with Gasteiger partial charge in [-0.2, -0.15) is 0 Å². The smallest absolute Gasteiger partial charge is 0.310 e. The molecule has 40 heavy (non-hydrogen) atoms. The Bertz CT molecular complexity index is 1440. The molecule has 208 valence electrons. The van der Waals surface area contributed by atoms with Gasteiger partial charge in [0.2, 0.25) is 0 Å². The summed E-state index contributed by atoms with van der Waals surface area (Å²) in [5.41, 5.74) is 3.31. The van der Waals surface area contributed by atoms with E-state index in [0.717, 1.165) is 48.6 Å². The lowest BCUT2D eigenvalue weighted by molar-refractivity contribution is -0.139. The maximum atomic E-state index is 12.6. The number of likely N-dealkylation sites (tertiary alicyclic amines) is 1. The highest BCUT2D eigenvalue weighted by atomic mass is 16.5. The van der Waals surface area contributed by atoms with E-state index in [4.69, 9.17) is 19.3 Å². The first-order valence-electron chi connectivity index (χ1n) is 14.0. The molecule has 2 aliphatic heterocycles. The summed E-state index contributed by atoms with van der Waals surface area (Å²) in [6.07, 6.45) is 3.47. The number of benzene rings is 3. The van der Waals surface area contributed by atoms with E-state index in [1.54, 1.807) is 32.2 Å². The molecule has 0 radical (unpaired) electrons. The number of hydrogen-bond donors (Lipinski definition) is 1. The van der Waals surface area contributed by atoms with Crippen LogP contribution in [0.25, 0.3) is 0 Å². The van der Waals surface area contributed by atoms with Gasteiger partial charge in [-0.15, -0.1) is 0 Å². The third-order valence-corrected chi connectivity index (χ3v) is 9.30. The van der Waals surface area contributed by atoms with Crippen LogP contribution in [0.5, 0.6) is 23.0 Å². The molecule has 3 aromatic carbocycles. The highest BCUT2D eigenvalue weighted by molar-refractivity contribution is 5.89. The van der Waals surface area contributed by atoms with Gasteiger partial charge < -0.3 is 24.2 Å². The van der Waals surface area contributed by atoms with Gasteiger partial charge in [0, 0.05) is 23.4 Å². The van der Waals surface area contributed by atoms with Crippen molar-refractivity contribution in [3.63, 3.8) is 0 Å². The first kappa shape index (κ1) is 26.4. The second kappa shape index (κ2) is 10.3. The van der Waals surface area contributed by atoms with Crippen LogP contribution in [-0.2, 0) is 21.4 Å². The summed E-state index contributed by atoms with van der Waals surface area (Å²) in [5.74, 6) is 2.46. The molecule has 1 saturated heterocycles. The van der Waals surface area contributed by atoms with Crippen LogP contribution in [0.3, 0.4) is 0 Å². The summed E-state index contributed by atoms with van der Waals surface area (Å²) in [6.45, 7) is 2.70. The number of ether oxygens (including phenoxy) is 3. The van der Waals surface area contributed by atoms with E-state index in [1.165, 1.54) is 11.1 Å². The molecule has 1 N–H and O–H groups in total. The molecule has 0 aromatic heterocycles. The fourth-order valence-corrected chi connectivity index (χ4v) is 7.29. The number of nitrogens with zero attached hydrogens (tertiary/aromatic N) is 1. The van der Waals surface area contributed by atoms with Gasteiger partial charge in [-0.25, -0.2) is 0 Å². The molecule has 5 atom stereocenters. The molecule has 3 aromatic rings. The predicted octanol–water partition coefficient (Wildman–Crippen LogP) is 5.60. The van der Waals surface area contributed by atoms with Crippen molar-refractivity contribution < 1.29 is 28.9 Å². The molecule has 0 amide bonds. The van der Waals surface area contributed by atoms with Gasteiger partial charge in [-0.1, -0.05) is 36.4 Å². The van der Waals surface area contributed by atoms with Gasteiger partial charge in [0.15, 0.2) is 23.4 Å². The number of methoxy groups -OCH3 is 1. The molecule has 2 fully saturated rings. The minimum atomic E-state index is -0.841. The van der Waals surface area contributed by atoms with Crippen LogP contribution in [-0.4, -0.2) is 54.6 Å². The monoisotopic (exact) mass is 541 g/mol. The molecule has 7 rings (SSSR count). The summed E-state index contributed by atoms with van der Waals surface area (Å²) in [5, 5.41) is 8.98. The lowest BCUT2D eigenvalue weighted by Crippen LogP contribution is -2.65. The van der Waals surface area contributed by atoms with Gasteiger partial charge in [-0.05, 0) is 87.2 Å². The van der Waals surface area contributed by atoms with E-state index in [0.29, 0.717) is 24.1 Å².